The van der Waals surface area contributed by atoms with Gasteiger partial charge in [-0.25, -0.2) is 9.37 Å². The van der Waals surface area contributed by atoms with Crippen molar-refractivity contribution in [3.05, 3.63) is 77.2 Å². The highest BCUT2D eigenvalue weighted by atomic mass is 19.1. The van der Waals surface area contributed by atoms with E-state index in [1.165, 1.54) is 29.1 Å². The Morgan fingerprint density at radius 2 is 2.00 bits per heavy atom. The molecular formula is C22H19FN4O3. The van der Waals surface area contributed by atoms with Gasteiger partial charge in [-0.15, -0.1) is 0 Å². The first-order chi connectivity index (χ1) is 14.5. The molecule has 1 N–H and O–H groups in total. The normalized spacial score (nSPS) is 10.9. The third kappa shape index (κ3) is 3.67. The largest absolute Gasteiger partial charge is 0.497 e. The standard InChI is InChI=1S/C22H19FN4O3/c1-26-11-18(14-5-3-8-17(9-14)30-2)20-21(26)22(29)27(13-24-20)12-19(28)25-16-7-4-6-15(23)10-16/h3-11,13H,12H2,1-2H3,(H,25,28). The van der Waals surface area contributed by atoms with Crippen molar-refractivity contribution in [3.63, 3.8) is 0 Å². The summed E-state index contributed by atoms with van der Waals surface area (Å²) in [5.74, 6) is -0.208. The van der Waals surface area contributed by atoms with E-state index >= 15 is 0 Å². The van der Waals surface area contributed by atoms with E-state index in [0.29, 0.717) is 22.5 Å². The number of hydrogen-bond acceptors (Lipinski definition) is 4. The van der Waals surface area contributed by atoms with Crippen molar-refractivity contribution < 1.29 is 13.9 Å². The van der Waals surface area contributed by atoms with Gasteiger partial charge in [0.2, 0.25) is 5.91 Å². The summed E-state index contributed by atoms with van der Waals surface area (Å²) in [5.41, 5.74) is 2.56. The summed E-state index contributed by atoms with van der Waals surface area (Å²) in [6, 6.07) is 13.0. The molecule has 0 aliphatic rings. The Morgan fingerprint density at radius 3 is 2.77 bits per heavy atom. The molecule has 1 amide bonds. The molecular weight excluding hydrogens is 387 g/mol. The molecule has 2 aromatic carbocycles. The van der Waals surface area contributed by atoms with E-state index < -0.39 is 11.7 Å². The summed E-state index contributed by atoms with van der Waals surface area (Å²) in [4.78, 5) is 29.7. The smallest absolute Gasteiger partial charge is 0.278 e. The van der Waals surface area contributed by atoms with Crippen molar-refractivity contribution in [2.45, 2.75) is 6.54 Å². The average Bonchev–Trinajstić information content (AvgIpc) is 3.07. The Morgan fingerprint density at radius 1 is 1.20 bits per heavy atom. The number of methoxy groups -OCH3 is 1. The molecule has 0 aliphatic carbocycles. The molecule has 2 heterocycles. The molecule has 7 nitrogen and oxygen atoms in total. The number of amides is 1. The predicted molar refractivity (Wildman–Crippen MR) is 112 cm³/mol. The first-order valence-corrected chi connectivity index (χ1v) is 9.20. The molecule has 2 aromatic heterocycles. The number of ether oxygens (including phenoxy) is 1. The summed E-state index contributed by atoms with van der Waals surface area (Å²) in [6.07, 6.45) is 3.17. The maximum absolute atomic E-state index is 13.3. The molecule has 0 radical (unpaired) electrons. The van der Waals surface area contributed by atoms with Gasteiger partial charge in [-0.2, -0.15) is 0 Å². The number of rotatable bonds is 5. The summed E-state index contributed by atoms with van der Waals surface area (Å²) in [6.45, 7) is -0.238. The number of aromatic nitrogens is 3. The SMILES string of the molecule is COc1cccc(-c2cn(C)c3c(=O)n(CC(=O)Nc4cccc(F)c4)cnc23)c1. The Kier molecular flexibility index (Phi) is 5.05. The van der Waals surface area contributed by atoms with Gasteiger partial charge in [0, 0.05) is 24.5 Å². The van der Waals surface area contributed by atoms with Gasteiger partial charge in [-0.3, -0.25) is 14.2 Å². The van der Waals surface area contributed by atoms with Gasteiger partial charge in [0.15, 0.2) is 0 Å². The fraction of sp³-hybridized carbons (Fsp3) is 0.136. The van der Waals surface area contributed by atoms with Crippen LogP contribution in [0.25, 0.3) is 22.2 Å². The fourth-order valence-electron chi connectivity index (χ4n) is 3.35. The Balaban J connectivity index is 1.67. The zero-order chi connectivity index (χ0) is 21.3. The second-order valence-electron chi connectivity index (χ2n) is 6.82. The number of fused-ring (bicyclic) bond motifs is 1. The van der Waals surface area contributed by atoms with E-state index in [9.17, 15) is 14.0 Å². The highest BCUT2D eigenvalue weighted by Gasteiger charge is 2.16. The Labute approximate surface area is 171 Å². The molecule has 0 unspecified atom stereocenters. The zero-order valence-corrected chi connectivity index (χ0v) is 16.4. The summed E-state index contributed by atoms with van der Waals surface area (Å²) in [5, 5.41) is 2.58. The molecule has 8 heteroatoms. The monoisotopic (exact) mass is 406 g/mol. The minimum Gasteiger partial charge on any atom is -0.497 e. The minimum atomic E-state index is -0.457. The zero-order valence-electron chi connectivity index (χ0n) is 16.4. The Bertz CT molecular complexity index is 1310. The molecule has 0 bridgehead atoms. The maximum atomic E-state index is 13.3. The van der Waals surface area contributed by atoms with Gasteiger partial charge in [0.05, 0.1) is 13.4 Å². The summed E-state index contributed by atoms with van der Waals surface area (Å²) < 4.78 is 21.5. The van der Waals surface area contributed by atoms with Crippen LogP contribution in [0.2, 0.25) is 0 Å². The molecule has 0 saturated carbocycles. The van der Waals surface area contributed by atoms with E-state index in [4.69, 9.17) is 4.74 Å². The average molecular weight is 406 g/mol. The lowest BCUT2D eigenvalue weighted by Crippen LogP contribution is -2.28. The predicted octanol–water partition coefficient (Wildman–Crippen LogP) is 3.19. The first kappa shape index (κ1) is 19.4. The maximum Gasteiger partial charge on any atom is 0.278 e. The van der Waals surface area contributed by atoms with E-state index in [-0.39, 0.29) is 12.1 Å². The van der Waals surface area contributed by atoms with Gasteiger partial charge >= 0.3 is 0 Å². The van der Waals surface area contributed by atoms with E-state index in [0.717, 1.165) is 11.1 Å². The van der Waals surface area contributed by atoms with Crippen molar-refractivity contribution in [1.82, 2.24) is 14.1 Å². The third-order valence-corrected chi connectivity index (χ3v) is 4.75. The van der Waals surface area contributed by atoms with Crippen LogP contribution in [0.5, 0.6) is 5.75 Å². The highest BCUT2D eigenvalue weighted by Crippen LogP contribution is 2.29. The number of nitrogens with one attached hydrogen (secondary N) is 1. The van der Waals surface area contributed by atoms with Gasteiger partial charge in [-0.05, 0) is 35.9 Å². The number of aryl methyl sites for hydroxylation is 1. The lowest BCUT2D eigenvalue weighted by Gasteiger charge is -2.08. The van der Waals surface area contributed by atoms with Crippen LogP contribution in [0.4, 0.5) is 10.1 Å². The molecule has 0 fully saturated rings. The minimum absolute atomic E-state index is 0.238. The molecule has 152 valence electrons. The lowest BCUT2D eigenvalue weighted by atomic mass is 10.1. The van der Waals surface area contributed by atoms with Crippen LogP contribution >= 0.6 is 0 Å². The summed E-state index contributed by atoms with van der Waals surface area (Å²) in [7, 11) is 3.35. The fourth-order valence-corrected chi connectivity index (χ4v) is 3.35. The Hall–Kier alpha value is -3.94. The van der Waals surface area contributed by atoms with Crippen LogP contribution in [-0.4, -0.2) is 27.1 Å². The topological polar surface area (TPSA) is 78.1 Å². The van der Waals surface area contributed by atoms with Gasteiger partial charge in [0.25, 0.3) is 5.56 Å². The van der Waals surface area contributed by atoms with Crippen LogP contribution in [0, 0.1) is 5.82 Å². The third-order valence-electron chi connectivity index (χ3n) is 4.75. The number of anilines is 1. The van der Waals surface area contributed by atoms with Crippen molar-refractivity contribution in [2.24, 2.45) is 7.05 Å². The number of hydrogen-bond donors (Lipinski definition) is 1. The quantitative estimate of drug-likeness (QED) is 0.552. The second kappa shape index (κ2) is 7.82. The molecule has 0 aliphatic heterocycles. The lowest BCUT2D eigenvalue weighted by molar-refractivity contribution is -0.116. The molecule has 30 heavy (non-hydrogen) atoms. The van der Waals surface area contributed by atoms with E-state index in [1.54, 1.807) is 24.8 Å². The van der Waals surface area contributed by atoms with Gasteiger partial charge in [-0.1, -0.05) is 18.2 Å². The van der Waals surface area contributed by atoms with Crippen LogP contribution in [0.15, 0.2) is 65.8 Å². The van der Waals surface area contributed by atoms with Gasteiger partial charge < -0.3 is 14.6 Å². The number of nitrogens with zero attached hydrogens (tertiary/aromatic N) is 3. The number of carbonyl (C=O) groups excluding carboxylic acids is 1. The number of carbonyl (C=O) groups is 1. The van der Waals surface area contributed by atoms with E-state index in [2.05, 4.69) is 10.3 Å². The van der Waals surface area contributed by atoms with E-state index in [1.807, 2.05) is 30.5 Å². The van der Waals surface area contributed by atoms with Crippen LogP contribution < -0.4 is 15.6 Å². The summed E-state index contributed by atoms with van der Waals surface area (Å²) >= 11 is 0. The molecule has 4 aromatic rings. The molecule has 0 spiro atoms. The van der Waals surface area contributed by atoms with Crippen molar-refractivity contribution >= 4 is 22.6 Å². The number of benzene rings is 2. The first-order valence-electron chi connectivity index (χ1n) is 9.20. The molecule has 4 rings (SSSR count). The van der Waals surface area contributed by atoms with Crippen molar-refractivity contribution in [1.29, 1.82) is 0 Å². The molecule has 0 saturated heterocycles. The van der Waals surface area contributed by atoms with Crippen LogP contribution in [-0.2, 0) is 18.4 Å². The van der Waals surface area contributed by atoms with Gasteiger partial charge in [0.1, 0.15) is 29.1 Å². The van der Waals surface area contributed by atoms with Crippen LogP contribution in [0.1, 0.15) is 0 Å². The molecule has 0 atom stereocenters. The highest BCUT2D eigenvalue weighted by molar-refractivity contribution is 5.93. The van der Waals surface area contributed by atoms with Crippen molar-refractivity contribution in [2.75, 3.05) is 12.4 Å². The second-order valence-corrected chi connectivity index (χ2v) is 6.82. The number of halogens is 1. The van der Waals surface area contributed by atoms with Crippen molar-refractivity contribution in [3.8, 4) is 16.9 Å². The van der Waals surface area contributed by atoms with Crippen LogP contribution in [0.3, 0.4) is 0 Å².